The number of rotatable bonds is 10. The van der Waals surface area contributed by atoms with Crippen LogP contribution in [0.3, 0.4) is 0 Å². The SMILES string of the molecule is CCCCS(=O)(=NC(=O)CC)c1ccc2c(c1)CN(C(C)(C)CCc1ccc(O)c(OC(C)(C)C)c1)C2. The molecule has 1 aliphatic heterocycles. The van der Waals surface area contributed by atoms with Crippen LogP contribution in [0.15, 0.2) is 45.7 Å². The second kappa shape index (κ2) is 11.6. The van der Waals surface area contributed by atoms with Crippen molar-refractivity contribution in [2.75, 3.05) is 5.75 Å². The predicted octanol–water partition coefficient (Wildman–Crippen LogP) is 6.86. The molecule has 2 aromatic rings. The Morgan fingerprint density at radius 1 is 1.05 bits per heavy atom. The highest BCUT2D eigenvalue weighted by Crippen LogP contribution is 2.35. The summed E-state index contributed by atoms with van der Waals surface area (Å²) in [5, 5.41) is 10.2. The lowest BCUT2D eigenvalue weighted by atomic mass is 9.93. The normalized spacial score (nSPS) is 15.8. The lowest BCUT2D eigenvalue weighted by Gasteiger charge is -2.35. The first-order valence-electron chi connectivity index (χ1n) is 13.4. The Kier molecular flexibility index (Phi) is 9.12. The second-order valence-electron chi connectivity index (χ2n) is 11.7. The number of amides is 1. The van der Waals surface area contributed by atoms with Gasteiger partial charge >= 0.3 is 0 Å². The lowest BCUT2D eigenvalue weighted by Crippen LogP contribution is -2.40. The molecule has 1 amide bonds. The molecule has 0 saturated carbocycles. The van der Waals surface area contributed by atoms with Crippen molar-refractivity contribution >= 4 is 15.6 Å². The van der Waals surface area contributed by atoms with Crippen LogP contribution in [-0.4, -0.2) is 37.0 Å². The number of carbonyl (C=O) groups excluding carboxylic acids is 1. The van der Waals surface area contributed by atoms with Gasteiger partial charge in [0.25, 0.3) is 5.91 Å². The molecule has 0 radical (unpaired) electrons. The number of nitrogens with zero attached hydrogens (tertiary/aromatic N) is 2. The highest BCUT2D eigenvalue weighted by molar-refractivity contribution is 7.94. The molecule has 1 atom stereocenters. The molecule has 204 valence electrons. The van der Waals surface area contributed by atoms with E-state index >= 15 is 0 Å². The number of ether oxygens (including phenoxy) is 1. The number of fused-ring (bicyclic) bond motifs is 1. The molecular formula is C30H44N2O4S. The van der Waals surface area contributed by atoms with Gasteiger partial charge in [0.05, 0.1) is 9.73 Å². The Hall–Kier alpha value is -2.38. The summed E-state index contributed by atoms with van der Waals surface area (Å²) in [7, 11) is -2.76. The molecule has 6 nitrogen and oxygen atoms in total. The van der Waals surface area contributed by atoms with Crippen molar-refractivity contribution in [1.82, 2.24) is 4.90 Å². The minimum atomic E-state index is -2.76. The number of aryl methyl sites for hydroxylation is 1. The van der Waals surface area contributed by atoms with Crippen LogP contribution in [0.4, 0.5) is 0 Å². The highest BCUT2D eigenvalue weighted by Gasteiger charge is 2.32. The molecule has 37 heavy (non-hydrogen) atoms. The number of aromatic hydroxyl groups is 1. The minimum absolute atomic E-state index is 0.0751. The largest absolute Gasteiger partial charge is 0.504 e. The van der Waals surface area contributed by atoms with Gasteiger partial charge in [0.2, 0.25) is 0 Å². The predicted molar refractivity (Wildman–Crippen MR) is 150 cm³/mol. The van der Waals surface area contributed by atoms with Gasteiger partial charge in [0.15, 0.2) is 11.5 Å². The molecule has 0 saturated heterocycles. The van der Waals surface area contributed by atoms with Crippen LogP contribution in [0.2, 0.25) is 0 Å². The van der Waals surface area contributed by atoms with Gasteiger partial charge in [-0.25, -0.2) is 4.21 Å². The van der Waals surface area contributed by atoms with Crippen LogP contribution in [0.1, 0.15) is 90.8 Å². The molecule has 0 fully saturated rings. The minimum Gasteiger partial charge on any atom is -0.504 e. The monoisotopic (exact) mass is 528 g/mol. The molecule has 0 bridgehead atoms. The fraction of sp³-hybridized carbons (Fsp3) is 0.567. The van der Waals surface area contributed by atoms with Crippen molar-refractivity contribution < 1.29 is 18.8 Å². The Labute approximate surface area is 223 Å². The fourth-order valence-corrected chi connectivity index (χ4v) is 6.69. The molecule has 0 spiro atoms. The van der Waals surface area contributed by atoms with Crippen molar-refractivity contribution in [1.29, 1.82) is 0 Å². The number of carbonyl (C=O) groups is 1. The first kappa shape index (κ1) is 29.2. The molecule has 7 heteroatoms. The molecule has 3 rings (SSSR count). The first-order valence-corrected chi connectivity index (χ1v) is 15.1. The van der Waals surface area contributed by atoms with E-state index in [9.17, 15) is 14.1 Å². The summed E-state index contributed by atoms with van der Waals surface area (Å²) in [5.74, 6) is 0.792. The second-order valence-corrected chi connectivity index (χ2v) is 14.0. The average molecular weight is 529 g/mol. The number of unbranched alkanes of at least 4 members (excludes halogenated alkanes) is 1. The van der Waals surface area contributed by atoms with Crippen molar-refractivity contribution in [3.8, 4) is 11.5 Å². The molecular weight excluding hydrogens is 484 g/mol. The zero-order valence-electron chi connectivity index (χ0n) is 23.6. The fourth-order valence-electron chi connectivity index (χ4n) is 4.52. The molecule has 1 N–H and O–H groups in total. The molecule has 1 aliphatic rings. The van der Waals surface area contributed by atoms with E-state index in [0.29, 0.717) is 16.4 Å². The van der Waals surface area contributed by atoms with Gasteiger partial charge in [-0.1, -0.05) is 32.4 Å². The molecule has 1 heterocycles. The van der Waals surface area contributed by atoms with E-state index in [0.717, 1.165) is 44.3 Å². The maximum Gasteiger partial charge on any atom is 0.253 e. The summed E-state index contributed by atoms with van der Waals surface area (Å²) in [4.78, 5) is 15.2. The number of benzene rings is 2. The van der Waals surface area contributed by atoms with E-state index in [4.69, 9.17) is 4.74 Å². The van der Waals surface area contributed by atoms with Crippen LogP contribution in [0.5, 0.6) is 11.5 Å². The van der Waals surface area contributed by atoms with E-state index in [1.165, 1.54) is 11.1 Å². The van der Waals surface area contributed by atoms with Crippen LogP contribution >= 0.6 is 0 Å². The number of phenols is 1. The maximum atomic E-state index is 13.8. The number of hydrogen-bond donors (Lipinski definition) is 1. The summed E-state index contributed by atoms with van der Waals surface area (Å²) in [6, 6.07) is 11.6. The van der Waals surface area contributed by atoms with Crippen LogP contribution in [-0.2, 0) is 34.0 Å². The maximum absolute atomic E-state index is 13.8. The van der Waals surface area contributed by atoms with Crippen LogP contribution < -0.4 is 4.74 Å². The Balaban J connectivity index is 1.75. The highest BCUT2D eigenvalue weighted by atomic mass is 32.2. The quantitative estimate of drug-likeness (QED) is 0.364. The smallest absolute Gasteiger partial charge is 0.253 e. The van der Waals surface area contributed by atoms with E-state index < -0.39 is 9.73 Å². The molecule has 0 aliphatic carbocycles. The standard InChI is InChI=1S/C30H44N2O4S/c1-8-10-17-37(35,31-28(34)9-2)25-13-12-23-20-32(21-24(23)19-25)30(6,7)16-15-22-11-14-26(33)27(18-22)36-29(3,4)5/h11-14,18-19,33H,8-10,15-17,20-21H2,1-7H3. The summed E-state index contributed by atoms with van der Waals surface area (Å²) in [6.07, 6.45) is 3.73. The van der Waals surface area contributed by atoms with Gasteiger partial charge in [0.1, 0.15) is 5.60 Å². The Morgan fingerprint density at radius 3 is 2.41 bits per heavy atom. The van der Waals surface area contributed by atoms with Gasteiger partial charge in [-0.15, -0.1) is 0 Å². The van der Waals surface area contributed by atoms with E-state index in [-0.39, 0.29) is 29.2 Å². The molecule has 1 unspecified atom stereocenters. The number of hydrogen-bond acceptors (Lipinski definition) is 5. The zero-order valence-corrected chi connectivity index (χ0v) is 24.4. The van der Waals surface area contributed by atoms with E-state index in [2.05, 4.69) is 36.1 Å². The Morgan fingerprint density at radius 2 is 1.76 bits per heavy atom. The van der Waals surface area contributed by atoms with Crippen molar-refractivity contribution in [3.05, 3.63) is 53.1 Å². The van der Waals surface area contributed by atoms with Gasteiger partial charge < -0.3 is 9.84 Å². The third-order valence-corrected chi connectivity index (χ3v) is 9.25. The van der Waals surface area contributed by atoms with Gasteiger partial charge in [-0.3, -0.25) is 9.69 Å². The lowest BCUT2D eigenvalue weighted by molar-refractivity contribution is -0.117. The Bertz CT molecular complexity index is 1240. The van der Waals surface area contributed by atoms with Crippen molar-refractivity contribution in [3.63, 3.8) is 0 Å². The van der Waals surface area contributed by atoms with E-state index in [1.54, 1.807) is 13.0 Å². The van der Waals surface area contributed by atoms with Crippen molar-refractivity contribution in [2.24, 2.45) is 4.36 Å². The summed E-state index contributed by atoms with van der Waals surface area (Å²) in [5.41, 5.74) is 3.07. The van der Waals surface area contributed by atoms with Gasteiger partial charge in [-0.2, -0.15) is 4.36 Å². The van der Waals surface area contributed by atoms with Gasteiger partial charge in [0, 0.05) is 35.7 Å². The van der Waals surface area contributed by atoms with Crippen molar-refractivity contribution in [2.45, 2.75) is 110 Å². The third kappa shape index (κ3) is 7.57. The molecule has 0 aromatic heterocycles. The summed E-state index contributed by atoms with van der Waals surface area (Å²) < 4.78 is 23.9. The van der Waals surface area contributed by atoms with E-state index in [1.807, 2.05) is 45.0 Å². The summed E-state index contributed by atoms with van der Waals surface area (Å²) >= 11 is 0. The first-order chi connectivity index (χ1) is 17.3. The molecule has 2 aromatic carbocycles. The zero-order chi connectivity index (χ0) is 27.4. The third-order valence-electron chi connectivity index (χ3n) is 6.92. The summed E-state index contributed by atoms with van der Waals surface area (Å²) in [6.45, 7) is 15.8. The number of phenolic OH excluding ortho intramolecular Hbond substituents is 1. The van der Waals surface area contributed by atoms with Crippen LogP contribution in [0, 0.1) is 0 Å². The topological polar surface area (TPSA) is 79.2 Å². The van der Waals surface area contributed by atoms with Crippen LogP contribution in [0.25, 0.3) is 0 Å². The van der Waals surface area contributed by atoms with Gasteiger partial charge in [-0.05, 0) is 94.8 Å². The average Bonchev–Trinajstić information content (AvgIpc) is 3.27.